The molecular formula is C13H19N3O. The van der Waals surface area contributed by atoms with Gasteiger partial charge in [-0.3, -0.25) is 9.69 Å². The molecular weight excluding hydrogens is 214 g/mol. The molecule has 1 fully saturated rings. The highest BCUT2D eigenvalue weighted by molar-refractivity contribution is 5.80. The van der Waals surface area contributed by atoms with Gasteiger partial charge in [0, 0.05) is 38.8 Å². The summed E-state index contributed by atoms with van der Waals surface area (Å²) in [6.07, 6.45) is 2.46. The number of anilines is 1. The van der Waals surface area contributed by atoms with E-state index in [-0.39, 0.29) is 0 Å². The number of carbonyl (C=O) groups is 1. The lowest BCUT2D eigenvalue weighted by Crippen LogP contribution is -2.48. The van der Waals surface area contributed by atoms with Crippen LogP contribution in [0.5, 0.6) is 0 Å². The number of Topliss-reactive ketones (excluding diaryl/α,β-unsaturated/α-hetero) is 1. The lowest BCUT2D eigenvalue weighted by molar-refractivity contribution is -0.119. The summed E-state index contributed by atoms with van der Waals surface area (Å²) >= 11 is 0. The number of piperazine rings is 1. The Morgan fingerprint density at radius 3 is 2.65 bits per heavy atom. The molecule has 1 aliphatic rings. The van der Waals surface area contributed by atoms with Gasteiger partial charge in [0.1, 0.15) is 11.6 Å². The van der Waals surface area contributed by atoms with Gasteiger partial charge in [0.25, 0.3) is 0 Å². The van der Waals surface area contributed by atoms with E-state index < -0.39 is 0 Å². The summed E-state index contributed by atoms with van der Waals surface area (Å²) in [5.74, 6) is 1.37. The van der Waals surface area contributed by atoms with Crippen molar-refractivity contribution in [2.75, 3.05) is 37.6 Å². The van der Waals surface area contributed by atoms with Crippen molar-refractivity contribution in [1.82, 2.24) is 9.88 Å². The number of nitrogens with zero attached hydrogens (tertiary/aromatic N) is 3. The number of carbonyl (C=O) groups excluding carboxylic acids is 1. The molecule has 1 aromatic rings. The molecule has 0 saturated carbocycles. The average Bonchev–Trinajstić information content (AvgIpc) is 2.40. The highest BCUT2D eigenvalue weighted by Gasteiger charge is 2.18. The second-order valence-corrected chi connectivity index (χ2v) is 4.34. The molecule has 17 heavy (non-hydrogen) atoms. The molecule has 1 aromatic heterocycles. The zero-order chi connectivity index (χ0) is 12.1. The topological polar surface area (TPSA) is 36.4 Å². The van der Waals surface area contributed by atoms with Gasteiger partial charge in [-0.1, -0.05) is 13.0 Å². The van der Waals surface area contributed by atoms with Crippen molar-refractivity contribution in [3.63, 3.8) is 0 Å². The van der Waals surface area contributed by atoms with Gasteiger partial charge >= 0.3 is 0 Å². The van der Waals surface area contributed by atoms with Crippen LogP contribution in [0.1, 0.15) is 13.3 Å². The monoisotopic (exact) mass is 233 g/mol. The zero-order valence-electron chi connectivity index (χ0n) is 10.3. The second-order valence-electron chi connectivity index (χ2n) is 4.34. The van der Waals surface area contributed by atoms with Gasteiger partial charge in [0.2, 0.25) is 0 Å². The van der Waals surface area contributed by atoms with Gasteiger partial charge < -0.3 is 4.90 Å². The maximum absolute atomic E-state index is 11.4. The number of hydrogen-bond donors (Lipinski definition) is 0. The van der Waals surface area contributed by atoms with Crippen LogP contribution in [0.15, 0.2) is 24.4 Å². The van der Waals surface area contributed by atoms with Crippen LogP contribution in [-0.4, -0.2) is 48.4 Å². The molecule has 0 aromatic carbocycles. The molecule has 2 rings (SSSR count). The lowest BCUT2D eigenvalue weighted by Gasteiger charge is -2.34. The number of aromatic nitrogens is 1. The Kier molecular flexibility index (Phi) is 4.09. The third kappa shape index (κ3) is 3.27. The van der Waals surface area contributed by atoms with E-state index in [1.165, 1.54) is 0 Å². The predicted molar refractivity (Wildman–Crippen MR) is 68.2 cm³/mol. The van der Waals surface area contributed by atoms with E-state index >= 15 is 0 Å². The summed E-state index contributed by atoms with van der Waals surface area (Å²) in [6.45, 7) is 6.33. The maximum Gasteiger partial charge on any atom is 0.146 e. The SMILES string of the molecule is CCC(=O)CN1CCN(c2ccccn2)CC1. The molecule has 92 valence electrons. The zero-order valence-corrected chi connectivity index (χ0v) is 10.3. The van der Waals surface area contributed by atoms with Crippen molar-refractivity contribution in [3.8, 4) is 0 Å². The Bertz CT molecular complexity index is 358. The standard InChI is InChI=1S/C13H19N3O/c1-2-12(17)11-15-7-9-16(10-8-15)13-5-3-4-6-14-13/h3-6H,2,7-11H2,1H3. The molecule has 1 aliphatic heterocycles. The summed E-state index contributed by atoms with van der Waals surface area (Å²) in [5, 5.41) is 0. The summed E-state index contributed by atoms with van der Waals surface area (Å²) < 4.78 is 0. The van der Waals surface area contributed by atoms with Crippen molar-refractivity contribution < 1.29 is 4.79 Å². The quantitative estimate of drug-likeness (QED) is 0.782. The first-order valence-electron chi connectivity index (χ1n) is 6.19. The molecule has 0 spiro atoms. The van der Waals surface area contributed by atoms with Crippen molar-refractivity contribution in [2.45, 2.75) is 13.3 Å². The van der Waals surface area contributed by atoms with Crippen LogP contribution in [0, 0.1) is 0 Å². The Labute approximate surface area is 102 Å². The van der Waals surface area contributed by atoms with Crippen LogP contribution in [0.4, 0.5) is 5.82 Å². The van der Waals surface area contributed by atoms with E-state index in [2.05, 4.69) is 14.8 Å². The van der Waals surface area contributed by atoms with Gasteiger partial charge in [-0.2, -0.15) is 0 Å². The van der Waals surface area contributed by atoms with Gasteiger partial charge in [-0.15, -0.1) is 0 Å². The second kappa shape index (κ2) is 5.77. The molecule has 0 N–H and O–H groups in total. The minimum absolute atomic E-state index is 0.330. The fourth-order valence-corrected chi connectivity index (χ4v) is 2.04. The first kappa shape index (κ1) is 12.0. The summed E-state index contributed by atoms with van der Waals surface area (Å²) in [6, 6.07) is 5.97. The van der Waals surface area contributed by atoms with E-state index in [4.69, 9.17) is 0 Å². The van der Waals surface area contributed by atoms with Crippen molar-refractivity contribution >= 4 is 11.6 Å². The molecule has 0 aliphatic carbocycles. The van der Waals surface area contributed by atoms with E-state index in [1.807, 2.05) is 31.3 Å². The largest absolute Gasteiger partial charge is 0.354 e. The van der Waals surface area contributed by atoms with Crippen LogP contribution in [0.25, 0.3) is 0 Å². The molecule has 0 bridgehead atoms. The summed E-state index contributed by atoms with van der Waals surface area (Å²) in [4.78, 5) is 20.2. The molecule has 1 saturated heterocycles. The molecule has 2 heterocycles. The number of hydrogen-bond acceptors (Lipinski definition) is 4. The highest BCUT2D eigenvalue weighted by atomic mass is 16.1. The van der Waals surface area contributed by atoms with Gasteiger partial charge in [0.05, 0.1) is 6.54 Å². The van der Waals surface area contributed by atoms with E-state index in [0.29, 0.717) is 18.7 Å². The summed E-state index contributed by atoms with van der Waals surface area (Å²) in [7, 11) is 0. The fourth-order valence-electron chi connectivity index (χ4n) is 2.04. The van der Waals surface area contributed by atoms with E-state index in [0.717, 1.165) is 32.0 Å². The smallest absolute Gasteiger partial charge is 0.146 e. The van der Waals surface area contributed by atoms with Crippen LogP contribution in [-0.2, 0) is 4.79 Å². The third-order valence-corrected chi connectivity index (χ3v) is 3.14. The van der Waals surface area contributed by atoms with Crippen LogP contribution in [0.3, 0.4) is 0 Å². The molecule has 4 nitrogen and oxygen atoms in total. The van der Waals surface area contributed by atoms with Crippen LogP contribution in [0.2, 0.25) is 0 Å². The normalized spacial score (nSPS) is 17.1. The molecule has 0 amide bonds. The van der Waals surface area contributed by atoms with Crippen molar-refractivity contribution in [1.29, 1.82) is 0 Å². The minimum atomic E-state index is 0.330. The van der Waals surface area contributed by atoms with E-state index in [1.54, 1.807) is 0 Å². The summed E-state index contributed by atoms with van der Waals surface area (Å²) in [5.41, 5.74) is 0. The van der Waals surface area contributed by atoms with Crippen molar-refractivity contribution in [3.05, 3.63) is 24.4 Å². The van der Waals surface area contributed by atoms with Gasteiger partial charge in [0.15, 0.2) is 0 Å². The Hall–Kier alpha value is -1.42. The molecule has 0 radical (unpaired) electrons. The Balaban J connectivity index is 1.84. The lowest BCUT2D eigenvalue weighted by atomic mass is 10.2. The Morgan fingerprint density at radius 1 is 1.29 bits per heavy atom. The van der Waals surface area contributed by atoms with Crippen molar-refractivity contribution in [2.24, 2.45) is 0 Å². The predicted octanol–water partition coefficient (Wildman–Crippen LogP) is 1.18. The maximum atomic E-state index is 11.4. The number of rotatable bonds is 4. The third-order valence-electron chi connectivity index (χ3n) is 3.14. The van der Waals surface area contributed by atoms with Gasteiger partial charge in [-0.25, -0.2) is 4.98 Å². The molecule has 0 atom stereocenters. The minimum Gasteiger partial charge on any atom is -0.354 e. The van der Waals surface area contributed by atoms with Crippen LogP contribution >= 0.6 is 0 Å². The van der Waals surface area contributed by atoms with E-state index in [9.17, 15) is 4.79 Å². The first-order chi connectivity index (χ1) is 8.29. The fraction of sp³-hybridized carbons (Fsp3) is 0.538. The Morgan fingerprint density at radius 2 is 2.06 bits per heavy atom. The average molecular weight is 233 g/mol. The van der Waals surface area contributed by atoms with Crippen LogP contribution < -0.4 is 4.90 Å². The highest BCUT2D eigenvalue weighted by Crippen LogP contribution is 2.12. The first-order valence-corrected chi connectivity index (χ1v) is 6.19. The molecule has 0 unspecified atom stereocenters. The van der Waals surface area contributed by atoms with Gasteiger partial charge in [-0.05, 0) is 12.1 Å². The number of ketones is 1. The number of pyridine rings is 1. The molecule has 4 heteroatoms.